The summed E-state index contributed by atoms with van der Waals surface area (Å²) in [5.41, 5.74) is -0.384. The molecule has 2 N–H and O–H groups in total. The number of hydrogen-bond donors (Lipinski definition) is 2. The smallest absolute Gasteiger partial charge is 0.407 e. The number of cyclic esters (lactones) is 1. The molecule has 2 aromatic rings. The van der Waals surface area contributed by atoms with Crippen molar-refractivity contribution >= 4 is 17.0 Å². The first-order valence-electron chi connectivity index (χ1n) is 13.0. The minimum atomic E-state index is -3.66. The van der Waals surface area contributed by atoms with E-state index < -0.39 is 68.5 Å². The van der Waals surface area contributed by atoms with Crippen LogP contribution in [0.3, 0.4) is 0 Å². The minimum Gasteiger partial charge on any atom is -0.447 e. The highest BCUT2D eigenvalue weighted by Crippen LogP contribution is 2.21. The number of nitrogens with one attached hydrogen (secondary N) is 2. The Morgan fingerprint density at radius 2 is 2.57 bits per heavy atom. The van der Waals surface area contributed by atoms with Crippen LogP contribution in [0.4, 0.5) is 4.79 Å². The van der Waals surface area contributed by atoms with Crippen molar-refractivity contribution in [2.75, 3.05) is 27.0 Å². The molecule has 1 fully saturated rings. The van der Waals surface area contributed by atoms with E-state index in [1.807, 2.05) is 0 Å². The molecule has 112 valence electrons. The first-order chi connectivity index (χ1) is 15.5. The summed E-state index contributed by atoms with van der Waals surface area (Å²) in [4.78, 5) is 13.5. The number of hydrogen-bond acceptors (Lipinski definition) is 3. The van der Waals surface area contributed by atoms with Crippen molar-refractivity contribution in [2.45, 2.75) is 18.8 Å². The summed E-state index contributed by atoms with van der Waals surface area (Å²) in [5.74, 6) is 0. The van der Waals surface area contributed by atoms with Crippen LogP contribution in [0, 0.1) is 0 Å². The fourth-order valence-corrected chi connectivity index (χ4v) is 1.99. The first kappa shape index (κ1) is 5.02. The van der Waals surface area contributed by atoms with E-state index in [-0.39, 0.29) is 16.5 Å². The number of fused-ring (bicyclic) bond motifs is 1. The van der Waals surface area contributed by atoms with Gasteiger partial charge in [-0.15, -0.1) is 0 Å². The molecule has 2 heterocycles. The molecule has 1 aliphatic heterocycles. The van der Waals surface area contributed by atoms with Crippen LogP contribution in [0.25, 0.3) is 10.9 Å². The molecule has 5 heteroatoms. The molecule has 1 aliphatic rings. The molecule has 3 rings (SSSR count). The third kappa shape index (κ3) is 3.19. The summed E-state index contributed by atoms with van der Waals surface area (Å²) in [6.07, 6.45) is -5.62. The summed E-state index contributed by atoms with van der Waals surface area (Å²) in [6, 6.07) is 1.71. The number of alkyl carbamates (subject to hydrolysis) is 1. The third-order valence-corrected chi connectivity index (χ3v) is 2.87. The zero-order chi connectivity index (χ0) is 27.0. The molecule has 5 nitrogen and oxygen atoms in total. The maximum absolute atomic E-state index is 11.5. The van der Waals surface area contributed by atoms with Gasteiger partial charge in [0.1, 0.15) is 6.56 Å². The fourth-order valence-electron chi connectivity index (χ4n) is 1.99. The molecule has 21 heavy (non-hydrogen) atoms. The van der Waals surface area contributed by atoms with E-state index in [0.29, 0.717) is 0 Å². The van der Waals surface area contributed by atoms with Gasteiger partial charge in [-0.3, -0.25) is 0 Å². The molecule has 0 aliphatic carbocycles. The highest BCUT2D eigenvalue weighted by molar-refractivity contribution is 5.84. The van der Waals surface area contributed by atoms with Crippen LogP contribution in [-0.2, 0) is 17.5 Å². The topological polar surface area (TPSA) is 57.4 Å². The molecule has 0 bridgehead atoms. The maximum atomic E-state index is 11.5. The Labute approximate surface area is 143 Å². The van der Waals surface area contributed by atoms with Gasteiger partial charge in [0.2, 0.25) is 0 Å². The van der Waals surface area contributed by atoms with Crippen LogP contribution in [-0.4, -0.2) is 49.0 Å². The molecule has 1 saturated heterocycles. The highest BCUT2D eigenvalue weighted by atomic mass is 16.6. The van der Waals surface area contributed by atoms with Gasteiger partial charge in [-0.05, 0) is 50.0 Å². The number of benzene rings is 1. The number of likely N-dealkylation sites (N-methyl/N-ethyl adjacent to an activating group) is 1. The van der Waals surface area contributed by atoms with E-state index >= 15 is 0 Å². The van der Waals surface area contributed by atoms with Crippen LogP contribution in [0.15, 0.2) is 24.4 Å². The van der Waals surface area contributed by atoms with Crippen molar-refractivity contribution in [3.63, 3.8) is 0 Å². The van der Waals surface area contributed by atoms with Gasteiger partial charge >= 0.3 is 6.09 Å². The Kier molecular flexibility index (Phi) is 1.38. The molecule has 1 amide bonds. The third-order valence-electron chi connectivity index (χ3n) is 2.87. The number of nitrogens with zero attached hydrogens (tertiary/aromatic N) is 1. The predicted octanol–water partition coefficient (Wildman–Crippen LogP) is 1.92. The second kappa shape index (κ2) is 5.77. The van der Waals surface area contributed by atoms with Crippen molar-refractivity contribution in [3.05, 3.63) is 35.5 Å². The number of aromatic amines is 1. The second-order valence-corrected chi connectivity index (χ2v) is 4.35. The Morgan fingerprint density at radius 3 is 3.33 bits per heavy atom. The Morgan fingerprint density at radius 1 is 1.67 bits per heavy atom. The number of carbonyl (C=O) groups is 1. The average molecular weight is 301 g/mol. The number of ether oxygens (including phenoxy) is 1. The molecule has 0 spiro atoms. The molecule has 1 aromatic carbocycles. The number of H-pyrrole nitrogens is 1. The zero-order valence-corrected chi connectivity index (χ0v) is 10.7. The molecule has 0 saturated carbocycles. The van der Waals surface area contributed by atoms with E-state index in [2.05, 4.69) is 15.0 Å². The zero-order valence-electron chi connectivity index (χ0n) is 24.7. The molecule has 0 radical (unpaired) electrons. The van der Waals surface area contributed by atoms with Gasteiger partial charge < -0.3 is 19.9 Å². The van der Waals surface area contributed by atoms with Gasteiger partial charge in [0.25, 0.3) is 0 Å². The molecular weight excluding hydrogens is 266 g/mol. The highest BCUT2D eigenvalue weighted by Gasteiger charge is 2.22. The van der Waals surface area contributed by atoms with Crippen molar-refractivity contribution in [2.24, 2.45) is 0 Å². The van der Waals surface area contributed by atoms with Crippen LogP contribution in [0.1, 0.15) is 30.3 Å². The monoisotopic (exact) mass is 301 g/mol. The number of rotatable bonds is 5. The molecular formula is C16H21N3O2. The normalized spacial score (nSPS) is 36.5. The van der Waals surface area contributed by atoms with E-state index in [4.69, 9.17) is 19.2 Å². The van der Waals surface area contributed by atoms with Crippen molar-refractivity contribution < 1.29 is 28.7 Å². The van der Waals surface area contributed by atoms with Gasteiger partial charge in [-0.1, -0.05) is 6.07 Å². The van der Waals surface area contributed by atoms with E-state index in [1.165, 1.54) is 18.2 Å². The lowest BCUT2D eigenvalue weighted by Gasteiger charge is -2.09. The summed E-state index contributed by atoms with van der Waals surface area (Å²) < 4.78 is 115. The van der Waals surface area contributed by atoms with Gasteiger partial charge in [-0.25, -0.2) is 4.79 Å². The van der Waals surface area contributed by atoms with Crippen LogP contribution < -0.4 is 5.32 Å². The van der Waals surface area contributed by atoms with Crippen molar-refractivity contribution in [3.8, 4) is 0 Å². The average Bonchev–Trinajstić information content (AvgIpc) is 3.02. The lowest BCUT2D eigenvalue weighted by atomic mass is 10.0. The SMILES string of the molecule is [2H]c1[nH]c2ccc(C[C@]3([2H])NC(=O)OC3([2H])[2H])cc2c1C([2H])([2H])C([2H])([2H])N(C([2H])([2H])[2H])C([2H])([2H])[2H]. The minimum absolute atomic E-state index is 0.119. The van der Waals surface area contributed by atoms with Crippen molar-refractivity contribution in [1.29, 1.82) is 0 Å². The quantitative estimate of drug-likeness (QED) is 0.887. The predicted molar refractivity (Wildman–Crippen MR) is 82.5 cm³/mol. The van der Waals surface area contributed by atoms with Crippen LogP contribution in [0.5, 0.6) is 0 Å². The summed E-state index contributed by atoms with van der Waals surface area (Å²) in [7, 11) is 0. The van der Waals surface area contributed by atoms with Crippen LogP contribution in [0.2, 0.25) is 0 Å². The van der Waals surface area contributed by atoms with Gasteiger partial charge in [0, 0.05) is 37.3 Å². The Hall–Kier alpha value is -2.01. The van der Waals surface area contributed by atoms with E-state index in [9.17, 15) is 4.79 Å². The summed E-state index contributed by atoms with van der Waals surface area (Å²) in [6.45, 7) is -13.5. The Bertz CT molecular complexity index is 1140. The molecule has 0 unspecified atom stereocenters. The maximum Gasteiger partial charge on any atom is 0.407 e. The van der Waals surface area contributed by atoms with Gasteiger partial charge in [0.05, 0.1) is 11.5 Å². The Balaban J connectivity index is 2.15. The molecule has 1 aromatic heterocycles. The number of aromatic nitrogens is 1. The number of aryl methyl sites for hydroxylation is 1. The standard InChI is InChI=1S/C16H21N3O2/c1-19(2)6-5-12-9-17-15-4-3-11(8-14(12)15)7-13-10-21-16(20)18-13/h3-4,8-9,13,17H,5-7,10H2,1-2H3,(H,18,20)/t13-/m0/s1/i1D3,2D3,5D2,6D2,9D,10D2,13D. The van der Waals surface area contributed by atoms with E-state index in [1.54, 1.807) is 0 Å². The summed E-state index contributed by atoms with van der Waals surface area (Å²) in [5, 5.41) is 1.94. The van der Waals surface area contributed by atoms with Crippen molar-refractivity contribution in [1.82, 2.24) is 15.2 Å². The van der Waals surface area contributed by atoms with E-state index in [0.717, 1.165) is 0 Å². The number of carbonyl (C=O) groups excluding carboxylic acids is 1. The first-order valence-corrected chi connectivity index (χ1v) is 5.98. The summed E-state index contributed by atoms with van der Waals surface area (Å²) >= 11 is 0. The molecule has 1 atom stereocenters. The number of amides is 1. The lowest BCUT2D eigenvalue weighted by Crippen LogP contribution is -2.28. The van der Waals surface area contributed by atoms with Gasteiger partial charge in [-0.2, -0.15) is 0 Å². The van der Waals surface area contributed by atoms with Crippen LogP contribution >= 0.6 is 0 Å². The second-order valence-electron chi connectivity index (χ2n) is 4.35. The lowest BCUT2D eigenvalue weighted by molar-refractivity contribution is 0.177. The van der Waals surface area contributed by atoms with Gasteiger partial charge in [0.15, 0.2) is 0 Å². The fraction of sp³-hybridized carbons (Fsp3) is 0.438. The largest absolute Gasteiger partial charge is 0.447 e.